The van der Waals surface area contributed by atoms with Crippen LogP contribution in [0.2, 0.25) is 0 Å². The van der Waals surface area contributed by atoms with E-state index in [0.717, 1.165) is 0 Å². The van der Waals surface area contributed by atoms with E-state index in [4.69, 9.17) is 4.74 Å². The van der Waals surface area contributed by atoms with Crippen molar-refractivity contribution in [1.29, 1.82) is 0 Å². The van der Waals surface area contributed by atoms with Gasteiger partial charge in [-0.1, -0.05) is 0 Å². The molecule has 0 radical (unpaired) electrons. The van der Waals surface area contributed by atoms with Crippen LogP contribution in [0.1, 0.15) is 6.42 Å². The number of nitrogens with one attached hydrogen (secondary N) is 1. The Morgan fingerprint density at radius 3 is 3.13 bits per heavy atom. The van der Waals surface area contributed by atoms with Crippen molar-refractivity contribution in [2.75, 3.05) is 20.3 Å². The molecule has 1 aromatic heterocycles. The fourth-order valence-corrected chi connectivity index (χ4v) is 1.09. The van der Waals surface area contributed by atoms with Crippen molar-refractivity contribution in [1.82, 2.24) is 14.9 Å². The van der Waals surface area contributed by atoms with Gasteiger partial charge in [-0.05, 0) is 6.42 Å². The van der Waals surface area contributed by atoms with Gasteiger partial charge in [0, 0.05) is 26.0 Å². The van der Waals surface area contributed by atoms with Crippen LogP contribution in [-0.4, -0.2) is 47.1 Å². The van der Waals surface area contributed by atoms with Crippen LogP contribution in [0.3, 0.4) is 0 Å². The van der Waals surface area contributed by atoms with E-state index in [2.05, 4.69) is 10.3 Å². The van der Waals surface area contributed by atoms with Gasteiger partial charge in [-0.25, -0.2) is 9.78 Å². The second-order valence-electron chi connectivity index (χ2n) is 3.10. The average molecular weight is 213 g/mol. The molecule has 0 fully saturated rings. The van der Waals surface area contributed by atoms with E-state index >= 15 is 0 Å². The number of rotatable bonds is 5. The van der Waals surface area contributed by atoms with Crippen LogP contribution in [0.5, 0.6) is 0 Å². The minimum absolute atomic E-state index is 0.253. The Morgan fingerprint density at radius 1 is 1.73 bits per heavy atom. The monoisotopic (exact) mass is 213 g/mol. The fraction of sp³-hybridized carbons (Fsp3) is 0.556. The molecule has 0 aliphatic rings. The number of amides is 1. The predicted octanol–water partition coefficient (Wildman–Crippen LogP) is -0.162. The molecule has 84 valence electrons. The van der Waals surface area contributed by atoms with Gasteiger partial charge < -0.3 is 15.2 Å². The van der Waals surface area contributed by atoms with Gasteiger partial charge in [0.25, 0.3) is 0 Å². The number of hydrogen-bond acceptors (Lipinski definition) is 4. The molecule has 1 rings (SSSR count). The number of nitrogens with zero attached hydrogens (tertiary/aromatic N) is 2. The van der Waals surface area contributed by atoms with Crippen molar-refractivity contribution < 1.29 is 14.6 Å². The third kappa shape index (κ3) is 4.09. The Balaban J connectivity index is 2.18. The molecule has 0 bridgehead atoms. The number of carbonyl (C=O) groups excluding carboxylic acids is 1. The number of carbonyl (C=O) groups is 1. The van der Waals surface area contributed by atoms with E-state index < -0.39 is 6.10 Å². The predicted molar refractivity (Wildman–Crippen MR) is 53.5 cm³/mol. The third-order valence-corrected chi connectivity index (χ3v) is 1.85. The molecule has 1 atom stereocenters. The average Bonchev–Trinajstić information content (AvgIpc) is 2.70. The Labute approximate surface area is 87.9 Å². The molecule has 15 heavy (non-hydrogen) atoms. The van der Waals surface area contributed by atoms with E-state index in [1.54, 1.807) is 6.20 Å². The van der Waals surface area contributed by atoms with Crippen LogP contribution in [0.15, 0.2) is 18.7 Å². The van der Waals surface area contributed by atoms with Gasteiger partial charge >= 0.3 is 6.03 Å². The summed E-state index contributed by atoms with van der Waals surface area (Å²) in [5, 5.41) is 11.9. The summed E-state index contributed by atoms with van der Waals surface area (Å²) in [6, 6.07) is -0.253. The molecule has 1 heterocycles. The first-order valence-electron chi connectivity index (χ1n) is 4.67. The summed E-state index contributed by atoms with van der Waals surface area (Å²) in [5.74, 6) is 0. The fourth-order valence-electron chi connectivity index (χ4n) is 1.09. The summed E-state index contributed by atoms with van der Waals surface area (Å²) in [7, 11) is 1.52. The molecular formula is C9H15N3O3. The topological polar surface area (TPSA) is 76.4 Å². The van der Waals surface area contributed by atoms with Crippen molar-refractivity contribution in [3.63, 3.8) is 0 Å². The second kappa shape index (κ2) is 6.15. The number of aliphatic hydroxyl groups excluding tert-OH is 1. The standard InChI is InChI=1S/C9H15N3O3/c1-15-6-8(13)2-3-11-9(14)12-5-4-10-7-12/h4-5,7-8,13H,2-3,6H2,1H3,(H,11,14). The lowest BCUT2D eigenvalue weighted by Gasteiger charge is -2.09. The maximum absolute atomic E-state index is 11.3. The first kappa shape index (κ1) is 11.7. The lowest BCUT2D eigenvalue weighted by Crippen LogP contribution is -2.31. The van der Waals surface area contributed by atoms with Crippen LogP contribution in [0.4, 0.5) is 4.79 Å². The summed E-state index contributed by atoms with van der Waals surface area (Å²) >= 11 is 0. The highest BCUT2D eigenvalue weighted by Crippen LogP contribution is 1.91. The second-order valence-corrected chi connectivity index (χ2v) is 3.10. The summed E-state index contributed by atoms with van der Waals surface area (Å²) in [6.07, 6.45) is 4.42. The molecule has 0 saturated carbocycles. The Hall–Kier alpha value is -1.40. The number of methoxy groups -OCH3 is 1. The minimum Gasteiger partial charge on any atom is -0.391 e. The maximum atomic E-state index is 11.3. The van der Waals surface area contributed by atoms with Gasteiger partial charge in [0.05, 0.1) is 12.7 Å². The SMILES string of the molecule is COCC(O)CCNC(=O)n1ccnc1. The van der Waals surface area contributed by atoms with Crippen LogP contribution in [-0.2, 0) is 4.74 Å². The highest BCUT2D eigenvalue weighted by Gasteiger charge is 2.05. The lowest BCUT2D eigenvalue weighted by atomic mass is 10.3. The number of hydrogen-bond donors (Lipinski definition) is 2. The molecule has 0 aromatic carbocycles. The Bertz CT molecular complexity index is 287. The lowest BCUT2D eigenvalue weighted by molar-refractivity contribution is 0.0599. The molecule has 0 aliphatic carbocycles. The van der Waals surface area contributed by atoms with Gasteiger partial charge in [-0.2, -0.15) is 0 Å². The molecule has 6 heteroatoms. The van der Waals surface area contributed by atoms with Crippen molar-refractivity contribution in [3.8, 4) is 0 Å². The number of ether oxygens (including phenoxy) is 1. The van der Waals surface area contributed by atoms with Gasteiger partial charge in [-0.3, -0.25) is 4.57 Å². The molecular weight excluding hydrogens is 198 g/mol. The summed E-state index contributed by atoms with van der Waals surface area (Å²) in [5.41, 5.74) is 0. The van der Waals surface area contributed by atoms with Crippen LogP contribution >= 0.6 is 0 Å². The van der Waals surface area contributed by atoms with E-state index in [1.807, 2.05) is 0 Å². The van der Waals surface area contributed by atoms with E-state index in [0.29, 0.717) is 13.0 Å². The first-order chi connectivity index (χ1) is 7.24. The minimum atomic E-state index is -0.543. The highest BCUT2D eigenvalue weighted by molar-refractivity contribution is 5.76. The van der Waals surface area contributed by atoms with Crippen molar-refractivity contribution in [2.24, 2.45) is 0 Å². The van der Waals surface area contributed by atoms with Gasteiger partial charge in [0.15, 0.2) is 0 Å². The molecule has 2 N–H and O–H groups in total. The molecule has 0 aliphatic heterocycles. The zero-order chi connectivity index (χ0) is 11.1. The van der Waals surface area contributed by atoms with E-state index in [-0.39, 0.29) is 12.6 Å². The first-order valence-corrected chi connectivity index (χ1v) is 4.67. The smallest absolute Gasteiger partial charge is 0.326 e. The summed E-state index contributed by atoms with van der Waals surface area (Å²) in [6.45, 7) is 0.683. The van der Waals surface area contributed by atoms with Crippen LogP contribution < -0.4 is 5.32 Å². The van der Waals surface area contributed by atoms with E-state index in [1.165, 1.54) is 24.2 Å². The van der Waals surface area contributed by atoms with Crippen molar-refractivity contribution in [2.45, 2.75) is 12.5 Å². The largest absolute Gasteiger partial charge is 0.391 e. The molecule has 1 aromatic rings. The molecule has 0 spiro atoms. The molecule has 1 amide bonds. The van der Waals surface area contributed by atoms with E-state index in [9.17, 15) is 9.90 Å². The Morgan fingerprint density at radius 2 is 2.53 bits per heavy atom. The van der Waals surface area contributed by atoms with Gasteiger partial charge in [0.1, 0.15) is 6.33 Å². The molecule has 0 saturated heterocycles. The molecule has 1 unspecified atom stereocenters. The number of aliphatic hydroxyl groups is 1. The van der Waals surface area contributed by atoms with Crippen molar-refractivity contribution >= 4 is 6.03 Å². The third-order valence-electron chi connectivity index (χ3n) is 1.85. The quantitative estimate of drug-likeness (QED) is 0.712. The zero-order valence-electron chi connectivity index (χ0n) is 8.59. The number of imidazole rings is 1. The van der Waals surface area contributed by atoms with Crippen LogP contribution in [0, 0.1) is 0 Å². The Kier molecular flexibility index (Phi) is 4.79. The van der Waals surface area contributed by atoms with Gasteiger partial charge in [0.2, 0.25) is 0 Å². The summed E-state index contributed by atoms with van der Waals surface area (Å²) < 4.78 is 6.09. The van der Waals surface area contributed by atoms with Crippen molar-refractivity contribution in [3.05, 3.63) is 18.7 Å². The number of aromatic nitrogens is 2. The zero-order valence-corrected chi connectivity index (χ0v) is 8.59. The maximum Gasteiger partial charge on any atom is 0.326 e. The normalized spacial score (nSPS) is 12.4. The highest BCUT2D eigenvalue weighted by atomic mass is 16.5. The van der Waals surface area contributed by atoms with Gasteiger partial charge in [-0.15, -0.1) is 0 Å². The van der Waals surface area contributed by atoms with Crippen LogP contribution in [0.25, 0.3) is 0 Å². The molecule has 6 nitrogen and oxygen atoms in total. The summed E-state index contributed by atoms with van der Waals surface area (Å²) in [4.78, 5) is 15.1.